The number of piperazine rings is 1. The highest BCUT2D eigenvalue weighted by atomic mass is 16.5. The van der Waals surface area contributed by atoms with Crippen molar-refractivity contribution in [2.24, 2.45) is 0 Å². The Kier molecular flexibility index (Phi) is 6.25. The van der Waals surface area contributed by atoms with Crippen LogP contribution in [-0.4, -0.2) is 45.5 Å². The van der Waals surface area contributed by atoms with E-state index in [4.69, 9.17) is 4.52 Å². The van der Waals surface area contributed by atoms with Crippen molar-refractivity contribution in [1.29, 1.82) is 0 Å². The molecule has 0 unspecified atom stereocenters. The van der Waals surface area contributed by atoms with Gasteiger partial charge in [0.1, 0.15) is 0 Å². The predicted molar refractivity (Wildman–Crippen MR) is 145 cm³/mol. The maximum atomic E-state index is 13.0. The molecule has 0 spiro atoms. The van der Waals surface area contributed by atoms with Gasteiger partial charge in [-0.3, -0.25) is 9.69 Å². The lowest BCUT2D eigenvalue weighted by Gasteiger charge is -2.34. The van der Waals surface area contributed by atoms with Crippen molar-refractivity contribution in [2.45, 2.75) is 20.0 Å². The minimum absolute atomic E-state index is 0.170. The Hall–Kier alpha value is -4.29. The van der Waals surface area contributed by atoms with Crippen molar-refractivity contribution in [3.63, 3.8) is 0 Å². The Morgan fingerprint density at radius 3 is 2.24 bits per heavy atom. The van der Waals surface area contributed by atoms with E-state index < -0.39 is 0 Å². The van der Waals surface area contributed by atoms with Crippen LogP contribution in [0.3, 0.4) is 0 Å². The van der Waals surface area contributed by atoms with Crippen LogP contribution in [0.4, 0.5) is 0 Å². The Morgan fingerprint density at radius 1 is 0.757 bits per heavy atom. The van der Waals surface area contributed by atoms with Crippen LogP contribution in [0, 0.1) is 6.92 Å². The molecule has 1 aliphatic rings. The Bertz CT molecular complexity index is 1540. The minimum atomic E-state index is 0.170. The molecule has 0 atom stereocenters. The third-order valence-electron chi connectivity index (χ3n) is 6.93. The number of aryl methyl sites for hydroxylation is 1. The van der Waals surface area contributed by atoms with E-state index in [9.17, 15) is 4.79 Å². The number of amides is 1. The SMILES string of the molecule is Cc1nc(-c2ccc3ccc(CN4CCN(Cc5ccc(-c6ccccc6)cc5)CC4=O)cc3c2)no1. The van der Waals surface area contributed by atoms with Gasteiger partial charge in [-0.25, -0.2) is 0 Å². The van der Waals surface area contributed by atoms with E-state index in [1.54, 1.807) is 6.92 Å². The van der Waals surface area contributed by atoms with Gasteiger partial charge in [-0.1, -0.05) is 84.0 Å². The maximum absolute atomic E-state index is 13.0. The van der Waals surface area contributed by atoms with Gasteiger partial charge < -0.3 is 9.42 Å². The molecule has 4 aromatic carbocycles. The highest BCUT2D eigenvalue weighted by Crippen LogP contribution is 2.25. The monoisotopic (exact) mass is 488 g/mol. The first kappa shape index (κ1) is 23.1. The van der Waals surface area contributed by atoms with Crippen molar-refractivity contribution in [3.05, 3.63) is 108 Å². The molecule has 1 fully saturated rings. The van der Waals surface area contributed by atoms with Gasteiger partial charge in [0.25, 0.3) is 0 Å². The fourth-order valence-electron chi connectivity index (χ4n) is 4.92. The van der Waals surface area contributed by atoms with Crippen LogP contribution < -0.4 is 0 Å². The van der Waals surface area contributed by atoms with Crippen molar-refractivity contribution < 1.29 is 9.32 Å². The van der Waals surface area contributed by atoms with Crippen molar-refractivity contribution in [2.75, 3.05) is 19.6 Å². The Balaban J connectivity index is 1.09. The molecule has 0 radical (unpaired) electrons. The van der Waals surface area contributed by atoms with Crippen molar-refractivity contribution in [3.8, 4) is 22.5 Å². The standard InChI is InChI=1S/C31H28N4O2/c1-22-32-31(33-37-22)28-14-13-27-12-9-24(17-29(27)18-28)20-35-16-15-34(21-30(35)36)19-23-7-10-26(11-8-23)25-5-3-2-4-6-25/h2-14,17-18H,15-16,19-21H2,1H3. The summed E-state index contributed by atoms with van der Waals surface area (Å²) in [6.45, 7) is 5.20. The van der Waals surface area contributed by atoms with Crippen molar-refractivity contribution >= 4 is 16.7 Å². The van der Waals surface area contributed by atoms with E-state index in [-0.39, 0.29) is 5.91 Å². The number of aromatic nitrogens is 2. The lowest BCUT2D eigenvalue weighted by atomic mass is 10.0. The molecule has 0 aliphatic carbocycles. The zero-order chi connectivity index (χ0) is 25.2. The molecule has 37 heavy (non-hydrogen) atoms. The van der Waals surface area contributed by atoms with Gasteiger partial charge in [-0.05, 0) is 45.2 Å². The molecule has 6 nitrogen and oxygen atoms in total. The second-order valence-electron chi connectivity index (χ2n) is 9.62. The van der Waals surface area contributed by atoms with Crippen LogP contribution in [0.5, 0.6) is 0 Å². The average Bonchev–Trinajstić information content (AvgIpc) is 3.37. The molecule has 0 saturated carbocycles. The highest BCUT2D eigenvalue weighted by Gasteiger charge is 2.24. The minimum Gasteiger partial charge on any atom is -0.339 e. The van der Waals surface area contributed by atoms with E-state index in [2.05, 4.69) is 93.9 Å². The summed E-state index contributed by atoms with van der Waals surface area (Å²) in [6, 6.07) is 31.5. The smallest absolute Gasteiger partial charge is 0.237 e. The molecule has 6 heteroatoms. The van der Waals surface area contributed by atoms with E-state index in [1.165, 1.54) is 16.7 Å². The highest BCUT2D eigenvalue weighted by molar-refractivity contribution is 5.87. The molecule has 5 aromatic rings. The summed E-state index contributed by atoms with van der Waals surface area (Å²) in [5, 5.41) is 6.27. The summed E-state index contributed by atoms with van der Waals surface area (Å²) in [4.78, 5) is 21.5. The molecule has 1 amide bonds. The molecule has 1 saturated heterocycles. The molecular weight excluding hydrogens is 460 g/mol. The normalized spacial score (nSPS) is 14.4. The van der Waals surface area contributed by atoms with Crippen LogP contribution in [0.2, 0.25) is 0 Å². The van der Waals surface area contributed by atoms with E-state index >= 15 is 0 Å². The largest absolute Gasteiger partial charge is 0.339 e. The zero-order valence-corrected chi connectivity index (χ0v) is 20.8. The average molecular weight is 489 g/mol. The van der Waals surface area contributed by atoms with E-state index in [0.29, 0.717) is 24.8 Å². The number of carbonyl (C=O) groups is 1. The first-order valence-electron chi connectivity index (χ1n) is 12.6. The van der Waals surface area contributed by atoms with Gasteiger partial charge in [0.05, 0.1) is 6.54 Å². The molecule has 6 rings (SSSR count). The van der Waals surface area contributed by atoms with E-state index in [1.807, 2.05) is 17.0 Å². The lowest BCUT2D eigenvalue weighted by molar-refractivity contribution is -0.136. The van der Waals surface area contributed by atoms with E-state index in [0.717, 1.165) is 41.5 Å². The zero-order valence-electron chi connectivity index (χ0n) is 20.8. The molecule has 1 aromatic heterocycles. The number of hydrogen-bond donors (Lipinski definition) is 0. The van der Waals surface area contributed by atoms with Gasteiger partial charge in [0, 0.05) is 38.7 Å². The third-order valence-corrected chi connectivity index (χ3v) is 6.93. The summed E-state index contributed by atoms with van der Waals surface area (Å²) >= 11 is 0. The fourth-order valence-corrected chi connectivity index (χ4v) is 4.92. The number of hydrogen-bond acceptors (Lipinski definition) is 5. The third kappa shape index (κ3) is 5.15. The van der Waals surface area contributed by atoms with Crippen LogP contribution >= 0.6 is 0 Å². The topological polar surface area (TPSA) is 62.5 Å². The second kappa shape index (κ2) is 9.99. The second-order valence-corrected chi connectivity index (χ2v) is 9.62. The Morgan fingerprint density at radius 2 is 1.49 bits per heavy atom. The van der Waals surface area contributed by atoms with Gasteiger partial charge in [0.2, 0.25) is 17.6 Å². The number of carbonyl (C=O) groups excluding carboxylic acids is 1. The summed E-state index contributed by atoms with van der Waals surface area (Å²) in [7, 11) is 0. The van der Waals surface area contributed by atoms with Gasteiger partial charge >= 0.3 is 0 Å². The summed E-state index contributed by atoms with van der Waals surface area (Å²) in [5.41, 5.74) is 5.69. The molecular formula is C31H28N4O2. The first-order valence-corrected chi connectivity index (χ1v) is 12.6. The van der Waals surface area contributed by atoms with Crippen LogP contribution in [-0.2, 0) is 17.9 Å². The molecule has 184 valence electrons. The summed E-state index contributed by atoms with van der Waals surface area (Å²) < 4.78 is 5.13. The molecule has 1 aliphatic heterocycles. The van der Waals surface area contributed by atoms with Crippen LogP contribution in [0.1, 0.15) is 17.0 Å². The summed E-state index contributed by atoms with van der Waals surface area (Å²) in [5.74, 6) is 1.31. The quantitative estimate of drug-likeness (QED) is 0.306. The predicted octanol–water partition coefficient (Wildman–Crippen LogP) is 5.71. The summed E-state index contributed by atoms with van der Waals surface area (Å²) in [6.07, 6.45) is 0. The molecule has 0 bridgehead atoms. The Labute approximate surface area is 216 Å². The molecule has 0 N–H and O–H groups in total. The molecule has 2 heterocycles. The number of benzene rings is 4. The first-order chi connectivity index (χ1) is 18.1. The van der Waals surface area contributed by atoms with Crippen LogP contribution in [0.15, 0.2) is 95.5 Å². The number of nitrogens with zero attached hydrogens (tertiary/aromatic N) is 4. The van der Waals surface area contributed by atoms with Gasteiger partial charge in [0.15, 0.2) is 0 Å². The van der Waals surface area contributed by atoms with Crippen LogP contribution in [0.25, 0.3) is 33.3 Å². The van der Waals surface area contributed by atoms with Gasteiger partial charge in [-0.2, -0.15) is 4.98 Å². The number of fused-ring (bicyclic) bond motifs is 1. The van der Waals surface area contributed by atoms with Crippen molar-refractivity contribution in [1.82, 2.24) is 19.9 Å². The van der Waals surface area contributed by atoms with Gasteiger partial charge in [-0.15, -0.1) is 0 Å². The fraction of sp³-hybridized carbons (Fsp3) is 0.194. The maximum Gasteiger partial charge on any atom is 0.237 e. The number of rotatable bonds is 6. The lowest BCUT2D eigenvalue weighted by Crippen LogP contribution is -2.49.